The minimum Gasteiger partial charge on any atom is -0.354 e. The van der Waals surface area contributed by atoms with Gasteiger partial charge in [0.05, 0.1) is 6.04 Å². The molecule has 0 fully saturated rings. The Morgan fingerprint density at radius 2 is 2.17 bits per heavy atom. The quantitative estimate of drug-likeness (QED) is 0.825. The van der Waals surface area contributed by atoms with E-state index in [1.165, 1.54) is 11.3 Å². The van der Waals surface area contributed by atoms with Gasteiger partial charge < -0.3 is 10.6 Å². The smallest absolute Gasteiger partial charge is 0.236 e. The van der Waals surface area contributed by atoms with Crippen LogP contribution in [-0.4, -0.2) is 18.5 Å². The Balaban J connectivity index is 2.34. The summed E-state index contributed by atoms with van der Waals surface area (Å²) in [5, 5.41) is 14.7. The Bertz CT molecular complexity index is 434. The third-order valence-corrected chi connectivity index (χ3v) is 3.42. The molecule has 0 saturated heterocycles. The van der Waals surface area contributed by atoms with Crippen molar-refractivity contribution in [3.63, 3.8) is 0 Å². The number of hydrogen-bond donors (Lipinski definition) is 2. The third kappa shape index (κ3) is 4.86. The Morgan fingerprint density at radius 1 is 1.44 bits per heavy atom. The fraction of sp³-hybridized carbons (Fsp3) is 0.538. The SMILES string of the molecule is CC(C)CNC(=O)C(C)NCc1ccc(C#N)s1. The number of carbonyl (C=O) groups is 1. The number of hydrogen-bond acceptors (Lipinski definition) is 4. The molecule has 1 unspecified atom stereocenters. The van der Waals surface area contributed by atoms with Gasteiger partial charge in [0, 0.05) is 18.0 Å². The molecular formula is C13H19N3OS. The molecule has 1 aromatic heterocycles. The zero-order valence-electron chi connectivity index (χ0n) is 11.0. The van der Waals surface area contributed by atoms with Gasteiger partial charge in [0.15, 0.2) is 0 Å². The molecule has 0 saturated carbocycles. The molecule has 0 bridgehead atoms. The van der Waals surface area contributed by atoms with Crippen LogP contribution in [-0.2, 0) is 11.3 Å². The van der Waals surface area contributed by atoms with Crippen molar-refractivity contribution in [3.8, 4) is 6.07 Å². The van der Waals surface area contributed by atoms with E-state index in [0.717, 1.165) is 4.88 Å². The van der Waals surface area contributed by atoms with E-state index in [-0.39, 0.29) is 11.9 Å². The van der Waals surface area contributed by atoms with Crippen LogP contribution in [0, 0.1) is 17.2 Å². The monoisotopic (exact) mass is 265 g/mol. The van der Waals surface area contributed by atoms with Crippen LogP contribution in [0.1, 0.15) is 30.5 Å². The summed E-state index contributed by atoms with van der Waals surface area (Å²) < 4.78 is 0. The Morgan fingerprint density at radius 3 is 2.72 bits per heavy atom. The maximum absolute atomic E-state index is 11.7. The van der Waals surface area contributed by atoms with E-state index in [1.807, 2.05) is 13.0 Å². The van der Waals surface area contributed by atoms with E-state index < -0.39 is 0 Å². The first-order chi connectivity index (χ1) is 8.52. The van der Waals surface area contributed by atoms with E-state index in [0.29, 0.717) is 23.9 Å². The number of amides is 1. The van der Waals surface area contributed by atoms with Gasteiger partial charge in [0.2, 0.25) is 5.91 Å². The Labute approximate surface area is 112 Å². The Kier molecular flexibility index (Phi) is 5.83. The first kappa shape index (κ1) is 14.7. The summed E-state index contributed by atoms with van der Waals surface area (Å²) in [6.07, 6.45) is 0. The number of nitriles is 1. The number of rotatable bonds is 6. The topological polar surface area (TPSA) is 64.9 Å². The summed E-state index contributed by atoms with van der Waals surface area (Å²) in [6, 6.07) is 5.58. The summed E-state index contributed by atoms with van der Waals surface area (Å²) in [6.45, 7) is 7.28. The van der Waals surface area contributed by atoms with Crippen molar-refractivity contribution in [3.05, 3.63) is 21.9 Å². The molecule has 0 spiro atoms. The minimum absolute atomic E-state index is 0.0146. The third-order valence-electron chi connectivity index (χ3n) is 2.43. The summed E-state index contributed by atoms with van der Waals surface area (Å²) in [5.74, 6) is 0.470. The second kappa shape index (κ2) is 7.14. The van der Waals surface area contributed by atoms with E-state index in [4.69, 9.17) is 5.26 Å². The first-order valence-electron chi connectivity index (χ1n) is 6.02. The molecule has 1 heterocycles. The average Bonchev–Trinajstić information content (AvgIpc) is 2.80. The lowest BCUT2D eigenvalue weighted by Gasteiger charge is -2.14. The van der Waals surface area contributed by atoms with Crippen molar-refractivity contribution in [1.29, 1.82) is 5.26 Å². The molecule has 0 aliphatic heterocycles. The summed E-state index contributed by atoms with van der Waals surface area (Å²) in [7, 11) is 0. The van der Waals surface area contributed by atoms with Crippen molar-refractivity contribution >= 4 is 17.2 Å². The summed E-state index contributed by atoms with van der Waals surface area (Å²) in [4.78, 5) is 13.5. The van der Waals surface area contributed by atoms with Gasteiger partial charge in [-0.25, -0.2) is 0 Å². The van der Waals surface area contributed by atoms with Crippen molar-refractivity contribution < 1.29 is 4.79 Å². The van der Waals surface area contributed by atoms with Gasteiger partial charge in [-0.1, -0.05) is 13.8 Å². The van der Waals surface area contributed by atoms with Crippen LogP contribution in [0.5, 0.6) is 0 Å². The van der Waals surface area contributed by atoms with Gasteiger partial charge in [-0.2, -0.15) is 5.26 Å². The van der Waals surface area contributed by atoms with E-state index >= 15 is 0 Å². The molecule has 0 radical (unpaired) electrons. The lowest BCUT2D eigenvalue weighted by atomic mass is 10.2. The van der Waals surface area contributed by atoms with Gasteiger partial charge in [0.25, 0.3) is 0 Å². The fourth-order valence-corrected chi connectivity index (χ4v) is 2.09. The zero-order chi connectivity index (χ0) is 13.5. The lowest BCUT2D eigenvalue weighted by molar-refractivity contribution is -0.122. The molecule has 1 amide bonds. The zero-order valence-corrected chi connectivity index (χ0v) is 11.8. The summed E-state index contributed by atoms with van der Waals surface area (Å²) >= 11 is 1.45. The molecular weight excluding hydrogens is 246 g/mol. The first-order valence-corrected chi connectivity index (χ1v) is 6.84. The predicted octanol–water partition coefficient (Wildman–Crippen LogP) is 1.87. The fourth-order valence-electron chi connectivity index (χ4n) is 1.34. The molecule has 2 N–H and O–H groups in total. The normalized spacial score (nSPS) is 12.2. The van der Waals surface area contributed by atoms with E-state index in [2.05, 4.69) is 30.6 Å². The molecule has 1 atom stereocenters. The standard InChI is InChI=1S/C13H19N3OS/c1-9(2)7-16-13(17)10(3)15-8-12-5-4-11(6-14)18-12/h4-5,9-10,15H,7-8H2,1-3H3,(H,16,17). The van der Waals surface area contributed by atoms with Gasteiger partial charge in [0.1, 0.15) is 10.9 Å². The number of nitrogens with one attached hydrogen (secondary N) is 2. The molecule has 1 rings (SSSR count). The molecule has 1 aromatic rings. The predicted molar refractivity (Wildman–Crippen MR) is 73.2 cm³/mol. The lowest BCUT2D eigenvalue weighted by Crippen LogP contribution is -2.42. The molecule has 4 nitrogen and oxygen atoms in total. The van der Waals surface area contributed by atoms with Crippen molar-refractivity contribution in [2.24, 2.45) is 5.92 Å². The van der Waals surface area contributed by atoms with Crippen molar-refractivity contribution in [2.75, 3.05) is 6.54 Å². The number of carbonyl (C=O) groups excluding carboxylic acids is 1. The van der Waals surface area contributed by atoms with Crippen molar-refractivity contribution in [2.45, 2.75) is 33.4 Å². The molecule has 0 aliphatic carbocycles. The second-order valence-corrected chi connectivity index (χ2v) is 5.79. The van der Waals surface area contributed by atoms with Crippen LogP contribution in [0.4, 0.5) is 0 Å². The van der Waals surface area contributed by atoms with E-state index in [9.17, 15) is 4.79 Å². The number of thiophene rings is 1. The van der Waals surface area contributed by atoms with Gasteiger partial charge >= 0.3 is 0 Å². The van der Waals surface area contributed by atoms with Crippen LogP contribution in [0.3, 0.4) is 0 Å². The van der Waals surface area contributed by atoms with Gasteiger partial charge in [-0.3, -0.25) is 4.79 Å². The molecule has 0 aromatic carbocycles. The second-order valence-electron chi connectivity index (χ2n) is 4.62. The highest BCUT2D eigenvalue weighted by Crippen LogP contribution is 2.14. The maximum Gasteiger partial charge on any atom is 0.236 e. The highest BCUT2D eigenvalue weighted by atomic mass is 32.1. The van der Waals surface area contributed by atoms with Gasteiger partial charge in [-0.15, -0.1) is 11.3 Å². The minimum atomic E-state index is -0.226. The molecule has 18 heavy (non-hydrogen) atoms. The highest BCUT2D eigenvalue weighted by molar-refractivity contribution is 7.12. The van der Waals surface area contributed by atoms with Crippen LogP contribution in [0.25, 0.3) is 0 Å². The largest absolute Gasteiger partial charge is 0.354 e. The van der Waals surface area contributed by atoms with Crippen molar-refractivity contribution in [1.82, 2.24) is 10.6 Å². The molecule has 98 valence electrons. The van der Waals surface area contributed by atoms with Crippen LogP contribution >= 0.6 is 11.3 Å². The average molecular weight is 265 g/mol. The molecule has 5 heteroatoms. The molecule has 0 aliphatic rings. The maximum atomic E-state index is 11.7. The Hall–Kier alpha value is -1.38. The van der Waals surface area contributed by atoms with Crippen LogP contribution in [0.2, 0.25) is 0 Å². The number of nitrogens with zero attached hydrogens (tertiary/aromatic N) is 1. The highest BCUT2D eigenvalue weighted by Gasteiger charge is 2.12. The van der Waals surface area contributed by atoms with Crippen LogP contribution < -0.4 is 10.6 Å². The summed E-state index contributed by atoms with van der Waals surface area (Å²) in [5.41, 5.74) is 0. The van der Waals surface area contributed by atoms with E-state index in [1.54, 1.807) is 6.07 Å². The van der Waals surface area contributed by atoms with Gasteiger partial charge in [-0.05, 0) is 25.0 Å². The van der Waals surface area contributed by atoms with Crippen LogP contribution in [0.15, 0.2) is 12.1 Å².